The van der Waals surface area contributed by atoms with Gasteiger partial charge in [-0.3, -0.25) is 9.59 Å². The van der Waals surface area contributed by atoms with E-state index < -0.39 is 0 Å². The van der Waals surface area contributed by atoms with Gasteiger partial charge in [-0.25, -0.2) is 0 Å². The van der Waals surface area contributed by atoms with E-state index in [4.69, 9.17) is 0 Å². The summed E-state index contributed by atoms with van der Waals surface area (Å²) in [5, 5.41) is 0. The predicted molar refractivity (Wildman–Crippen MR) is 85.9 cm³/mol. The molecule has 3 rings (SSSR count). The first-order chi connectivity index (χ1) is 10.6. The Balaban J connectivity index is 1.97. The fraction of sp³-hybridized carbons (Fsp3) is 0.294. The Morgan fingerprint density at radius 1 is 1.09 bits per heavy atom. The molecule has 2 aromatic rings. The summed E-state index contributed by atoms with van der Waals surface area (Å²) < 4.78 is 0. The largest absolute Gasteiger partial charge is 0.336 e. The van der Waals surface area contributed by atoms with Gasteiger partial charge in [0.1, 0.15) is 0 Å². The van der Waals surface area contributed by atoms with E-state index in [1.54, 1.807) is 0 Å². The number of amides is 1. The van der Waals surface area contributed by atoms with E-state index in [2.05, 4.69) is 16.9 Å². The van der Waals surface area contributed by atoms with Crippen LogP contribution >= 0.6 is 0 Å². The number of aromatic nitrogens is 1. The monoisotopic (exact) mass is 297 g/mol. The minimum Gasteiger partial charge on any atom is -0.336 e. The van der Waals surface area contributed by atoms with Crippen LogP contribution < -0.4 is 5.56 Å². The van der Waals surface area contributed by atoms with Gasteiger partial charge in [0.05, 0.1) is 5.56 Å². The summed E-state index contributed by atoms with van der Waals surface area (Å²) in [5.41, 5.74) is 1.92. The first-order valence-electron chi connectivity index (χ1n) is 7.41. The molecule has 22 heavy (non-hydrogen) atoms. The first kappa shape index (κ1) is 14.5. The van der Waals surface area contributed by atoms with Crippen molar-refractivity contribution in [3.63, 3.8) is 0 Å². The van der Waals surface area contributed by atoms with Gasteiger partial charge in [-0.15, -0.1) is 0 Å². The summed E-state index contributed by atoms with van der Waals surface area (Å²) in [6.45, 7) is 3.16. The predicted octanol–water partition coefficient (Wildman–Crippen LogP) is 1.43. The number of likely N-dealkylation sites (N-methyl/N-ethyl adjacent to an activating group) is 1. The molecule has 0 bridgehead atoms. The van der Waals surface area contributed by atoms with Crippen molar-refractivity contribution in [1.29, 1.82) is 0 Å². The quantitative estimate of drug-likeness (QED) is 0.912. The molecule has 0 aliphatic carbocycles. The Morgan fingerprint density at radius 3 is 2.45 bits per heavy atom. The maximum Gasteiger partial charge on any atom is 0.256 e. The molecule has 114 valence electrons. The number of hydrogen-bond acceptors (Lipinski definition) is 3. The lowest BCUT2D eigenvalue weighted by Crippen LogP contribution is -2.47. The highest BCUT2D eigenvalue weighted by molar-refractivity contribution is 6.00. The molecule has 1 aliphatic rings. The van der Waals surface area contributed by atoms with Crippen molar-refractivity contribution >= 4 is 5.91 Å². The van der Waals surface area contributed by atoms with Crippen LogP contribution in [0.2, 0.25) is 0 Å². The van der Waals surface area contributed by atoms with E-state index in [0.29, 0.717) is 24.2 Å². The van der Waals surface area contributed by atoms with Gasteiger partial charge in [-0.2, -0.15) is 0 Å². The van der Waals surface area contributed by atoms with Gasteiger partial charge in [-0.1, -0.05) is 30.3 Å². The second-order valence-electron chi connectivity index (χ2n) is 5.59. The topological polar surface area (TPSA) is 56.4 Å². The highest BCUT2D eigenvalue weighted by atomic mass is 16.2. The number of pyridine rings is 1. The number of nitrogens with zero attached hydrogens (tertiary/aromatic N) is 2. The number of H-pyrrole nitrogens is 1. The van der Waals surface area contributed by atoms with Crippen molar-refractivity contribution in [2.75, 3.05) is 33.2 Å². The second kappa shape index (κ2) is 6.15. The average Bonchev–Trinajstić information content (AvgIpc) is 2.56. The van der Waals surface area contributed by atoms with E-state index in [-0.39, 0.29) is 11.5 Å². The number of nitrogens with one attached hydrogen (secondary N) is 1. The summed E-state index contributed by atoms with van der Waals surface area (Å²) in [6.07, 6.45) is 1.53. The molecule has 1 fully saturated rings. The van der Waals surface area contributed by atoms with Crippen molar-refractivity contribution in [2.45, 2.75) is 0 Å². The molecule has 1 aromatic heterocycles. The number of hydrogen-bond donors (Lipinski definition) is 1. The Morgan fingerprint density at radius 2 is 1.77 bits per heavy atom. The maximum atomic E-state index is 12.8. The van der Waals surface area contributed by atoms with Crippen LogP contribution in [-0.2, 0) is 0 Å². The summed E-state index contributed by atoms with van der Waals surface area (Å²) in [4.78, 5) is 31.1. The number of benzene rings is 1. The average molecular weight is 297 g/mol. The minimum absolute atomic E-state index is 0.0248. The lowest BCUT2D eigenvalue weighted by molar-refractivity contribution is 0.0664. The van der Waals surface area contributed by atoms with Crippen molar-refractivity contribution in [3.8, 4) is 11.1 Å². The zero-order valence-electron chi connectivity index (χ0n) is 12.6. The normalized spacial score (nSPS) is 15.8. The van der Waals surface area contributed by atoms with Crippen LogP contribution in [0.5, 0.6) is 0 Å². The molecule has 1 amide bonds. The molecule has 0 saturated carbocycles. The van der Waals surface area contributed by atoms with Gasteiger partial charge in [0, 0.05) is 44.0 Å². The lowest BCUT2D eigenvalue weighted by atomic mass is 10.0. The number of carbonyl (C=O) groups is 1. The highest BCUT2D eigenvalue weighted by Gasteiger charge is 2.23. The second-order valence-corrected chi connectivity index (χ2v) is 5.59. The number of rotatable bonds is 2. The number of aromatic amines is 1. The summed E-state index contributed by atoms with van der Waals surface area (Å²) in [6, 6.07) is 11.0. The van der Waals surface area contributed by atoms with E-state index in [0.717, 1.165) is 18.7 Å². The molecule has 1 N–H and O–H groups in total. The van der Waals surface area contributed by atoms with Crippen molar-refractivity contribution in [2.24, 2.45) is 0 Å². The molecule has 1 aliphatic heterocycles. The molecule has 0 unspecified atom stereocenters. The third-order valence-electron chi connectivity index (χ3n) is 4.03. The van der Waals surface area contributed by atoms with Crippen LogP contribution in [0.25, 0.3) is 11.1 Å². The fourth-order valence-electron chi connectivity index (χ4n) is 2.68. The zero-order chi connectivity index (χ0) is 15.5. The van der Waals surface area contributed by atoms with Crippen molar-refractivity contribution in [1.82, 2.24) is 14.8 Å². The Hall–Kier alpha value is -2.40. The molecule has 5 heteroatoms. The maximum absolute atomic E-state index is 12.8. The van der Waals surface area contributed by atoms with Gasteiger partial charge >= 0.3 is 0 Å². The fourth-order valence-corrected chi connectivity index (χ4v) is 2.68. The summed E-state index contributed by atoms with van der Waals surface area (Å²) in [5.74, 6) is -0.0248. The van der Waals surface area contributed by atoms with Crippen LogP contribution in [0.3, 0.4) is 0 Å². The van der Waals surface area contributed by atoms with E-state index in [1.165, 1.54) is 12.3 Å². The standard InChI is InChI=1S/C17H19N3O2/c1-19-7-9-20(10-8-19)17(22)15-12-18-16(21)11-14(15)13-5-3-2-4-6-13/h2-6,11-12H,7-10H2,1H3,(H,18,21). The Bertz CT molecular complexity index is 716. The van der Waals surface area contributed by atoms with Crippen LogP contribution in [-0.4, -0.2) is 53.9 Å². The third kappa shape index (κ3) is 2.94. The smallest absolute Gasteiger partial charge is 0.256 e. The SMILES string of the molecule is CN1CCN(C(=O)c2c[nH]c(=O)cc2-c2ccccc2)CC1. The summed E-state index contributed by atoms with van der Waals surface area (Å²) in [7, 11) is 2.05. The molecular formula is C17H19N3O2. The van der Waals surface area contributed by atoms with Crippen molar-refractivity contribution < 1.29 is 4.79 Å². The Kier molecular flexibility index (Phi) is 4.06. The van der Waals surface area contributed by atoms with Gasteiger partial charge in [0.25, 0.3) is 5.91 Å². The molecular weight excluding hydrogens is 278 g/mol. The van der Waals surface area contributed by atoms with Gasteiger partial charge in [0.2, 0.25) is 5.56 Å². The lowest BCUT2D eigenvalue weighted by Gasteiger charge is -2.32. The van der Waals surface area contributed by atoms with Crippen LogP contribution in [0, 0.1) is 0 Å². The molecule has 0 atom stereocenters. The summed E-state index contributed by atoms with van der Waals surface area (Å²) >= 11 is 0. The number of carbonyl (C=O) groups excluding carboxylic acids is 1. The van der Waals surface area contributed by atoms with Gasteiger partial charge in [0.15, 0.2) is 0 Å². The molecule has 0 radical (unpaired) electrons. The van der Waals surface area contributed by atoms with E-state index in [1.807, 2.05) is 35.2 Å². The Labute approximate surface area is 129 Å². The minimum atomic E-state index is -0.200. The number of piperazine rings is 1. The molecule has 0 spiro atoms. The van der Waals surface area contributed by atoms with Gasteiger partial charge in [-0.05, 0) is 12.6 Å². The molecule has 1 aromatic carbocycles. The van der Waals surface area contributed by atoms with Gasteiger partial charge < -0.3 is 14.8 Å². The van der Waals surface area contributed by atoms with E-state index in [9.17, 15) is 9.59 Å². The third-order valence-corrected chi connectivity index (χ3v) is 4.03. The van der Waals surface area contributed by atoms with Crippen LogP contribution in [0.15, 0.2) is 47.4 Å². The van der Waals surface area contributed by atoms with Crippen LogP contribution in [0.1, 0.15) is 10.4 Å². The molecule has 1 saturated heterocycles. The molecule has 5 nitrogen and oxygen atoms in total. The highest BCUT2D eigenvalue weighted by Crippen LogP contribution is 2.23. The zero-order valence-corrected chi connectivity index (χ0v) is 12.6. The first-order valence-corrected chi connectivity index (χ1v) is 7.41. The van der Waals surface area contributed by atoms with Crippen LogP contribution in [0.4, 0.5) is 0 Å². The van der Waals surface area contributed by atoms with E-state index >= 15 is 0 Å². The van der Waals surface area contributed by atoms with Crippen molar-refractivity contribution in [3.05, 3.63) is 58.5 Å². The molecule has 2 heterocycles.